The molecule has 0 aliphatic carbocycles. The zero-order valence-corrected chi connectivity index (χ0v) is 7.92. The van der Waals surface area contributed by atoms with E-state index in [1.165, 1.54) is 0 Å². The maximum absolute atomic E-state index is 5.50. The van der Waals surface area contributed by atoms with E-state index in [4.69, 9.17) is 10.5 Å². The Kier molecular flexibility index (Phi) is 3.38. The maximum Gasteiger partial charge on any atom is 0.282 e. The second kappa shape index (κ2) is 4.33. The first-order valence-corrected chi connectivity index (χ1v) is 4.77. The number of nitrogens with two attached hydrogens (primary N) is 1. The van der Waals surface area contributed by atoms with Crippen LogP contribution in [-0.2, 0) is 4.74 Å². The van der Waals surface area contributed by atoms with Gasteiger partial charge in [-0.15, -0.1) is 0 Å². The minimum atomic E-state index is 0.245. The molecule has 2 atom stereocenters. The Morgan fingerprint density at radius 1 is 1.33 bits per heavy atom. The molecule has 2 unspecified atom stereocenters. The number of amidine groups is 1. The SMILES string of the molecule is CCCC1N=C(N)OC1CCC. The van der Waals surface area contributed by atoms with E-state index in [1.54, 1.807) is 0 Å². The van der Waals surface area contributed by atoms with Gasteiger partial charge in [-0.3, -0.25) is 0 Å². The summed E-state index contributed by atoms with van der Waals surface area (Å²) in [5.74, 6) is 0. The number of hydrogen-bond donors (Lipinski definition) is 1. The van der Waals surface area contributed by atoms with Crippen molar-refractivity contribution in [3.8, 4) is 0 Å². The molecule has 0 amide bonds. The van der Waals surface area contributed by atoms with Crippen LogP contribution in [0, 0.1) is 0 Å². The van der Waals surface area contributed by atoms with Crippen LogP contribution in [0.1, 0.15) is 39.5 Å². The van der Waals surface area contributed by atoms with Crippen LogP contribution in [-0.4, -0.2) is 18.2 Å². The van der Waals surface area contributed by atoms with Gasteiger partial charge in [-0.1, -0.05) is 26.7 Å². The van der Waals surface area contributed by atoms with Gasteiger partial charge in [0.2, 0.25) is 0 Å². The molecular formula is C9H18N2O. The van der Waals surface area contributed by atoms with E-state index in [2.05, 4.69) is 18.8 Å². The molecule has 0 bridgehead atoms. The Balaban J connectivity index is 2.43. The fourth-order valence-corrected chi connectivity index (χ4v) is 1.59. The van der Waals surface area contributed by atoms with Crippen molar-refractivity contribution in [2.45, 2.75) is 51.7 Å². The summed E-state index contributed by atoms with van der Waals surface area (Å²) in [5.41, 5.74) is 5.50. The van der Waals surface area contributed by atoms with Crippen molar-refractivity contribution in [2.24, 2.45) is 10.7 Å². The van der Waals surface area contributed by atoms with Crippen LogP contribution in [0.25, 0.3) is 0 Å². The first kappa shape index (κ1) is 9.36. The highest BCUT2D eigenvalue weighted by Gasteiger charge is 2.27. The molecule has 70 valence electrons. The summed E-state index contributed by atoms with van der Waals surface area (Å²) in [7, 11) is 0. The summed E-state index contributed by atoms with van der Waals surface area (Å²) >= 11 is 0. The predicted molar refractivity (Wildman–Crippen MR) is 50.1 cm³/mol. The van der Waals surface area contributed by atoms with E-state index < -0.39 is 0 Å². The first-order valence-electron chi connectivity index (χ1n) is 4.77. The molecule has 3 nitrogen and oxygen atoms in total. The van der Waals surface area contributed by atoms with Gasteiger partial charge in [0.15, 0.2) is 0 Å². The number of hydrogen-bond acceptors (Lipinski definition) is 3. The second-order valence-corrected chi connectivity index (χ2v) is 3.27. The fraction of sp³-hybridized carbons (Fsp3) is 0.889. The lowest BCUT2D eigenvalue weighted by atomic mass is 10.0. The van der Waals surface area contributed by atoms with Crippen LogP contribution in [0.15, 0.2) is 4.99 Å². The molecule has 1 aliphatic rings. The highest BCUT2D eigenvalue weighted by atomic mass is 16.5. The van der Waals surface area contributed by atoms with Crippen LogP contribution in [0.4, 0.5) is 0 Å². The minimum Gasteiger partial charge on any atom is -0.460 e. The van der Waals surface area contributed by atoms with Crippen molar-refractivity contribution in [2.75, 3.05) is 0 Å². The Morgan fingerprint density at radius 2 is 2.00 bits per heavy atom. The van der Waals surface area contributed by atoms with Gasteiger partial charge in [-0.25, -0.2) is 4.99 Å². The zero-order valence-electron chi connectivity index (χ0n) is 7.92. The molecule has 12 heavy (non-hydrogen) atoms. The lowest BCUT2D eigenvalue weighted by molar-refractivity contribution is 0.173. The summed E-state index contributed by atoms with van der Waals surface area (Å²) < 4.78 is 5.39. The molecule has 3 heteroatoms. The smallest absolute Gasteiger partial charge is 0.282 e. The van der Waals surface area contributed by atoms with Gasteiger partial charge in [0.1, 0.15) is 6.10 Å². The Labute approximate surface area is 74.0 Å². The molecule has 0 saturated heterocycles. The van der Waals surface area contributed by atoms with Gasteiger partial charge >= 0.3 is 0 Å². The van der Waals surface area contributed by atoms with Crippen molar-refractivity contribution in [1.29, 1.82) is 0 Å². The van der Waals surface area contributed by atoms with Gasteiger partial charge in [0.05, 0.1) is 6.04 Å². The van der Waals surface area contributed by atoms with Crippen LogP contribution in [0.3, 0.4) is 0 Å². The predicted octanol–water partition coefficient (Wildman–Crippen LogP) is 1.67. The van der Waals surface area contributed by atoms with Gasteiger partial charge in [-0.05, 0) is 12.8 Å². The van der Waals surface area contributed by atoms with E-state index in [1.807, 2.05) is 0 Å². The van der Waals surface area contributed by atoms with Crippen molar-refractivity contribution in [3.05, 3.63) is 0 Å². The molecule has 2 N–H and O–H groups in total. The van der Waals surface area contributed by atoms with Crippen molar-refractivity contribution < 1.29 is 4.74 Å². The largest absolute Gasteiger partial charge is 0.460 e. The minimum absolute atomic E-state index is 0.245. The Hall–Kier alpha value is -0.730. The third-order valence-corrected chi connectivity index (χ3v) is 2.15. The maximum atomic E-state index is 5.50. The molecule has 0 aromatic carbocycles. The van der Waals surface area contributed by atoms with Crippen molar-refractivity contribution in [3.63, 3.8) is 0 Å². The third kappa shape index (κ3) is 2.13. The molecular weight excluding hydrogens is 152 g/mol. The molecule has 1 heterocycles. The van der Waals surface area contributed by atoms with E-state index in [9.17, 15) is 0 Å². The standard InChI is InChI=1S/C9H18N2O/c1-3-5-7-8(6-4-2)12-9(10)11-7/h7-8H,3-6H2,1-2H3,(H2,10,11). The topological polar surface area (TPSA) is 47.6 Å². The van der Waals surface area contributed by atoms with Crippen LogP contribution < -0.4 is 5.73 Å². The Bertz CT molecular complexity index is 168. The van der Waals surface area contributed by atoms with Crippen LogP contribution in [0.5, 0.6) is 0 Å². The van der Waals surface area contributed by atoms with E-state index in [0.717, 1.165) is 25.7 Å². The molecule has 0 saturated carbocycles. The van der Waals surface area contributed by atoms with Gasteiger partial charge in [-0.2, -0.15) is 0 Å². The number of ether oxygens (including phenoxy) is 1. The van der Waals surface area contributed by atoms with Gasteiger partial charge in [0.25, 0.3) is 6.02 Å². The highest BCUT2D eigenvalue weighted by Crippen LogP contribution is 2.20. The Morgan fingerprint density at radius 3 is 2.58 bits per heavy atom. The third-order valence-electron chi connectivity index (χ3n) is 2.15. The molecule has 0 fully saturated rings. The van der Waals surface area contributed by atoms with Crippen molar-refractivity contribution in [1.82, 2.24) is 0 Å². The fourth-order valence-electron chi connectivity index (χ4n) is 1.59. The molecule has 0 aromatic rings. The van der Waals surface area contributed by atoms with Crippen LogP contribution >= 0.6 is 0 Å². The quantitative estimate of drug-likeness (QED) is 0.697. The van der Waals surface area contributed by atoms with Crippen LogP contribution in [0.2, 0.25) is 0 Å². The van der Waals surface area contributed by atoms with E-state index >= 15 is 0 Å². The monoisotopic (exact) mass is 170 g/mol. The molecule has 0 spiro atoms. The number of nitrogens with zero attached hydrogens (tertiary/aromatic N) is 1. The summed E-state index contributed by atoms with van der Waals surface area (Å²) in [6, 6.07) is 0.696. The second-order valence-electron chi connectivity index (χ2n) is 3.27. The summed E-state index contributed by atoms with van der Waals surface area (Å²) in [4.78, 5) is 4.25. The summed E-state index contributed by atoms with van der Waals surface area (Å²) in [6.07, 6.45) is 4.67. The molecule has 0 radical (unpaired) electrons. The van der Waals surface area contributed by atoms with Crippen molar-refractivity contribution >= 4 is 6.02 Å². The molecule has 0 aromatic heterocycles. The lowest BCUT2D eigenvalue weighted by Crippen LogP contribution is -2.23. The number of rotatable bonds is 4. The first-order chi connectivity index (χ1) is 5.77. The average molecular weight is 170 g/mol. The summed E-state index contributed by atoms with van der Waals surface area (Å²) in [6.45, 7) is 4.31. The average Bonchev–Trinajstić information content (AvgIpc) is 2.33. The lowest BCUT2D eigenvalue weighted by Gasteiger charge is -2.15. The van der Waals surface area contributed by atoms with E-state index in [0.29, 0.717) is 12.1 Å². The number of aliphatic imine (C=N–C) groups is 1. The van der Waals surface area contributed by atoms with E-state index in [-0.39, 0.29) is 6.10 Å². The summed E-state index contributed by atoms with van der Waals surface area (Å²) in [5, 5.41) is 0. The normalized spacial score (nSPS) is 28.3. The van der Waals surface area contributed by atoms with Gasteiger partial charge in [0, 0.05) is 0 Å². The molecule has 1 aliphatic heterocycles. The molecule has 1 rings (SSSR count). The van der Waals surface area contributed by atoms with Gasteiger partial charge < -0.3 is 10.5 Å². The highest BCUT2D eigenvalue weighted by molar-refractivity contribution is 5.73. The zero-order chi connectivity index (χ0) is 8.97.